The van der Waals surface area contributed by atoms with Gasteiger partial charge in [-0.25, -0.2) is 4.79 Å². The van der Waals surface area contributed by atoms with Gasteiger partial charge >= 0.3 is 12.1 Å². The SMILES string of the molecule is Cc1cc(-c2cccc(C(F)(F)F)c2)ccc1C1=C(O)C2(CCCC2)OC1=O. The van der Waals surface area contributed by atoms with Gasteiger partial charge in [0.2, 0.25) is 0 Å². The maximum atomic E-state index is 13.0. The number of hydrogen-bond donors (Lipinski definition) is 1. The van der Waals surface area contributed by atoms with Crippen LogP contribution in [-0.2, 0) is 15.7 Å². The first kappa shape index (κ1) is 18.6. The summed E-state index contributed by atoms with van der Waals surface area (Å²) in [5.41, 5.74) is 0.812. The molecule has 1 aliphatic heterocycles. The largest absolute Gasteiger partial charge is 0.507 e. The quantitative estimate of drug-likeness (QED) is 0.660. The molecule has 0 radical (unpaired) electrons. The Morgan fingerprint density at radius 1 is 1.04 bits per heavy atom. The van der Waals surface area contributed by atoms with E-state index in [1.165, 1.54) is 6.07 Å². The van der Waals surface area contributed by atoms with E-state index in [4.69, 9.17) is 4.74 Å². The Labute approximate surface area is 160 Å². The van der Waals surface area contributed by atoms with E-state index in [0.29, 0.717) is 35.1 Å². The number of ether oxygens (including phenoxy) is 1. The van der Waals surface area contributed by atoms with Gasteiger partial charge in [-0.3, -0.25) is 0 Å². The van der Waals surface area contributed by atoms with E-state index in [2.05, 4.69) is 0 Å². The van der Waals surface area contributed by atoms with Crippen molar-refractivity contribution in [2.75, 3.05) is 0 Å². The van der Waals surface area contributed by atoms with Crippen LogP contribution in [0.15, 0.2) is 48.2 Å². The van der Waals surface area contributed by atoms with Crippen molar-refractivity contribution in [2.45, 2.75) is 44.4 Å². The molecule has 0 saturated heterocycles. The number of halogens is 3. The predicted octanol–water partition coefficient (Wildman–Crippen LogP) is 5.82. The summed E-state index contributed by atoms with van der Waals surface area (Å²) in [4.78, 5) is 12.4. The second-order valence-electron chi connectivity index (χ2n) is 7.42. The van der Waals surface area contributed by atoms with E-state index >= 15 is 0 Å². The van der Waals surface area contributed by atoms with Crippen LogP contribution in [0.2, 0.25) is 0 Å². The zero-order chi connectivity index (χ0) is 20.1. The number of hydrogen-bond acceptors (Lipinski definition) is 3. The third-order valence-electron chi connectivity index (χ3n) is 5.59. The Morgan fingerprint density at radius 3 is 2.36 bits per heavy atom. The van der Waals surface area contributed by atoms with Crippen molar-refractivity contribution >= 4 is 11.5 Å². The Bertz CT molecular complexity index is 983. The number of benzene rings is 2. The molecule has 0 unspecified atom stereocenters. The average Bonchev–Trinajstić information content (AvgIpc) is 3.20. The van der Waals surface area contributed by atoms with Gasteiger partial charge in [0.15, 0.2) is 11.4 Å². The van der Waals surface area contributed by atoms with Crippen LogP contribution in [0.25, 0.3) is 16.7 Å². The molecule has 146 valence electrons. The van der Waals surface area contributed by atoms with Crippen molar-refractivity contribution in [3.63, 3.8) is 0 Å². The number of aryl methyl sites for hydroxylation is 1. The van der Waals surface area contributed by atoms with Gasteiger partial charge in [-0.1, -0.05) is 30.3 Å². The first-order valence-corrected chi connectivity index (χ1v) is 9.17. The highest BCUT2D eigenvalue weighted by Crippen LogP contribution is 2.47. The Balaban J connectivity index is 1.74. The minimum absolute atomic E-state index is 0.0232. The molecule has 1 N–H and O–H groups in total. The molecule has 2 aromatic carbocycles. The van der Waals surface area contributed by atoms with Crippen LogP contribution in [0.4, 0.5) is 13.2 Å². The molecule has 1 aliphatic carbocycles. The monoisotopic (exact) mass is 388 g/mol. The van der Waals surface area contributed by atoms with Crippen molar-refractivity contribution in [3.05, 3.63) is 64.9 Å². The summed E-state index contributed by atoms with van der Waals surface area (Å²) < 4.78 is 44.5. The molecule has 4 rings (SSSR count). The maximum Gasteiger partial charge on any atom is 0.416 e. The lowest BCUT2D eigenvalue weighted by molar-refractivity contribution is -0.146. The van der Waals surface area contributed by atoms with E-state index in [9.17, 15) is 23.1 Å². The number of alkyl halides is 3. The van der Waals surface area contributed by atoms with Crippen LogP contribution >= 0.6 is 0 Å². The number of aliphatic hydroxyl groups is 1. The van der Waals surface area contributed by atoms with Gasteiger partial charge in [-0.2, -0.15) is 13.2 Å². The van der Waals surface area contributed by atoms with Gasteiger partial charge in [0.25, 0.3) is 0 Å². The second kappa shape index (κ2) is 6.40. The first-order chi connectivity index (χ1) is 13.2. The van der Waals surface area contributed by atoms with Crippen molar-refractivity contribution in [2.24, 2.45) is 0 Å². The van der Waals surface area contributed by atoms with Gasteiger partial charge in [0.05, 0.1) is 5.56 Å². The molecular weight excluding hydrogens is 369 g/mol. The second-order valence-corrected chi connectivity index (χ2v) is 7.42. The van der Waals surface area contributed by atoms with Crippen LogP contribution in [-0.4, -0.2) is 16.7 Å². The number of carbonyl (C=O) groups excluding carboxylic acids is 1. The molecule has 0 atom stereocenters. The molecule has 28 heavy (non-hydrogen) atoms. The molecule has 0 bridgehead atoms. The molecule has 1 spiro atoms. The van der Waals surface area contributed by atoms with E-state index < -0.39 is 23.3 Å². The summed E-state index contributed by atoms with van der Waals surface area (Å²) in [5, 5.41) is 10.7. The number of aliphatic hydroxyl groups excluding tert-OH is 1. The van der Waals surface area contributed by atoms with Gasteiger partial charge in [-0.05, 0) is 67.0 Å². The number of carbonyl (C=O) groups is 1. The van der Waals surface area contributed by atoms with Crippen LogP contribution in [0, 0.1) is 6.92 Å². The van der Waals surface area contributed by atoms with E-state index in [1.54, 1.807) is 31.2 Å². The summed E-state index contributed by atoms with van der Waals surface area (Å²) >= 11 is 0. The van der Waals surface area contributed by atoms with E-state index in [1.807, 2.05) is 0 Å². The maximum absolute atomic E-state index is 13.0. The summed E-state index contributed by atoms with van der Waals surface area (Å²) in [5.74, 6) is -0.570. The van der Waals surface area contributed by atoms with Crippen LogP contribution in [0.1, 0.15) is 42.4 Å². The molecule has 3 nitrogen and oxygen atoms in total. The molecule has 0 amide bonds. The lowest BCUT2D eigenvalue weighted by atomic mass is 9.91. The molecular formula is C22H19F3O3. The minimum Gasteiger partial charge on any atom is -0.507 e. The van der Waals surface area contributed by atoms with E-state index in [0.717, 1.165) is 25.0 Å². The van der Waals surface area contributed by atoms with Crippen molar-refractivity contribution in [3.8, 4) is 11.1 Å². The highest BCUT2D eigenvalue weighted by atomic mass is 19.4. The normalized spacial score (nSPS) is 18.8. The fraction of sp³-hybridized carbons (Fsp3) is 0.318. The zero-order valence-corrected chi connectivity index (χ0v) is 15.3. The predicted molar refractivity (Wildman–Crippen MR) is 98.5 cm³/mol. The van der Waals surface area contributed by atoms with Crippen molar-refractivity contribution < 1.29 is 27.8 Å². The summed E-state index contributed by atoms with van der Waals surface area (Å²) in [7, 11) is 0. The number of esters is 1. The molecule has 1 heterocycles. The molecule has 1 fully saturated rings. The highest BCUT2D eigenvalue weighted by Gasteiger charge is 2.50. The lowest BCUT2D eigenvalue weighted by Crippen LogP contribution is -2.27. The van der Waals surface area contributed by atoms with Crippen molar-refractivity contribution in [1.29, 1.82) is 0 Å². The topological polar surface area (TPSA) is 46.5 Å². The molecule has 0 aromatic heterocycles. The lowest BCUT2D eigenvalue weighted by Gasteiger charge is -2.21. The minimum atomic E-state index is -4.41. The first-order valence-electron chi connectivity index (χ1n) is 9.17. The molecule has 2 aliphatic rings. The fourth-order valence-corrected chi connectivity index (χ4v) is 4.12. The van der Waals surface area contributed by atoms with E-state index in [-0.39, 0.29) is 11.3 Å². The smallest absolute Gasteiger partial charge is 0.416 e. The van der Waals surface area contributed by atoms with Crippen molar-refractivity contribution in [1.82, 2.24) is 0 Å². The summed E-state index contributed by atoms with van der Waals surface area (Å²) in [6, 6.07) is 10.1. The molecule has 1 saturated carbocycles. The van der Waals surface area contributed by atoms with Gasteiger partial charge < -0.3 is 9.84 Å². The fourth-order valence-electron chi connectivity index (χ4n) is 4.12. The highest BCUT2D eigenvalue weighted by molar-refractivity contribution is 6.20. The van der Waals surface area contributed by atoms with Crippen LogP contribution in [0.3, 0.4) is 0 Å². The Morgan fingerprint density at radius 2 is 1.71 bits per heavy atom. The standard InChI is InChI=1S/C22H19F3O3/c1-13-11-15(14-5-4-6-16(12-14)22(23,24)25)7-8-17(13)18-19(26)21(28-20(18)27)9-2-3-10-21/h4-8,11-12,26H,2-3,9-10H2,1H3. The number of rotatable bonds is 2. The van der Waals surface area contributed by atoms with Gasteiger partial charge in [-0.15, -0.1) is 0 Å². The van der Waals surface area contributed by atoms with Crippen LogP contribution in [0.5, 0.6) is 0 Å². The Hall–Kier alpha value is -2.76. The summed E-state index contributed by atoms with van der Waals surface area (Å²) in [6.45, 7) is 1.76. The summed E-state index contributed by atoms with van der Waals surface area (Å²) in [6.07, 6.45) is -1.42. The Kier molecular flexibility index (Phi) is 4.25. The van der Waals surface area contributed by atoms with Gasteiger partial charge in [0, 0.05) is 0 Å². The third kappa shape index (κ3) is 2.97. The third-order valence-corrected chi connectivity index (χ3v) is 5.59. The average molecular weight is 388 g/mol. The van der Waals surface area contributed by atoms with Gasteiger partial charge in [0.1, 0.15) is 5.57 Å². The molecule has 2 aromatic rings. The van der Waals surface area contributed by atoms with Crippen LogP contribution < -0.4 is 0 Å². The zero-order valence-electron chi connectivity index (χ0n) is 15.3. The molecule has 6 heteroatoms.